The molecule has 120 valence electrons. The molecule has 0 amide bonds. The van der Waals surface area contributed by atoms with E-state index >= 15 is 0 Å². The number of aliphatic hydroxyl groups is 2. The van der Waals surface area contributed by atoms with E-state index in [0.29, 0.717) is 22.3 Å². The van der Waals surface area contributed by atoms with E-state index in [4.69, 9.17) is 0 Å². The highest BCUT2D eigenvalue weighted by molar-refractivity contribution is 5.91. The molecular formula is C17H16O6. The van der Waals surface area contributed by atoms with Crippen LogP contribution in [0, 0.1) is 0 Å². The van der Waals surface area contributed by atoms with E-state index < -0.39 is 11.9 Å². The molecule has 0 fully saturated rings. The molecule has 0 aromatic heterocycles. The summed E-state index contributed by atoms with van der Waals surface area (Å²) in [6, 6.07) is 8.88. The van der Waals surface area contributed by atoms with Gasteiger partial charge in [-0.15, -0.1) is 0 Å². The molecule has 0 aliphatic heterocycles. The number of carboxylic acid groups (broad SMARTS) is 2. The molecule has 0 atom stereocenters. The van der Waals surface area contributed by atoms with Gasteiger partial charge in [-0.3, -0.25) is 0 Å². The largest absolute Gasteiger partial charge is 0.478 e. The van der Waals surface area contributed by atoms with Crippen molar-refractivity contribution in [3.63, 3.8) is 0 Å². The van der Waals surface area contributed by atoms with Crippen molar-refractivity contribution in [2.75, 3.05) is 0 Å². The number of benzene rings is 2. The van der Waals surface area contributed by atoms with Crippen molar-refractivity contribution < 1.29 is 30.0 Å². The van der Waals surface area contributed by atoms with Crippen LogP contribution in [0.15, 0.2) is 36.4 Å². The maximum absolute atomic E-state index is 11.3. The van der Waals surface area contributed by atoms with Crippen LogP contribution in [0.25, 0.3) is 0 Å². The fourth-order valence-corrected chi connectivity index (χ4v) is 2.41. The Kier molecular flexibility index (Phi) is 5.10. The molecule has 2 rings (SSSR count). The number of hydrogen-bond acceptors (Lipinski definition) is 4. The summed E-state index contributed by atoms with van der Waals surface area (Å²) in [5.41, 5.74) is 1.99. The number of aliphatic hydroxyl groups excluding tert-OH is 2. The summed E-state index contributed by atoms with van der Waals surface area (Å²) in [6.07, 6.45) is 0.0744. The Morgan fingerprint density at radius 1 is 0.739 bits per heavy atom. The van der Waals surface area contributed by atoms with E-state index in [1.165, 1.54) is 24.3 Å². The summed E-state index contributed by atoms with van der Waals surface area (Å²) in [7, 11) is 0. The highest BCUT2D eigenvalue weighted by Gasteiger charge is 2.16. The molecule has 4 N–H and O–H groups in total. The maximum Gasteiger partial charge on any atom is 0.335 e. The van der Waals surface area contributed by atoms with Gasteiger partial charge in [-0.1, -0.05) is 24.3 Å². The Balaban J connectivity index is 2.53. The lowest BCUT2D eigenvalue weighted by molar-refractivity contribution is 0.0686. The quantitative estimate of drug-likeness (QED) is 0.644. The average molecular weight is 316 g/mol. The number of rotatable bonds is 6. The molecule has 0 saturated heterocycles. The molecule has 0 unspecified atom stereocenters. The van der Waals surface area contributed by atoms with Crippen LogP contribution in [-0.4, -0.2) is 32.4 Å². The fraction of sp³-hybridized carbons (Fsp3) is 0.176. The van der Waals surface area contributed by atoms with Gasteiger partial charge in [-0.2, -0.15) is 0 Å². The predicted octanol–water partition coefficient (Wildman–Crippen LogP) is 1.66. The minimum atomic E-state index is -1.13. The topological polar surface area (TPSA) is 115 Å². The Morgan fingerprint density at radius 2 is 1.13 bits per heavy atom. The first-order valence-electron chi connectivity index (χ1n) is 6.88. The zero-order chi connectivity index (χ0) is 17.0. The Bertz CT molecular complexity index is 687. The zero-order valence-electron chi connectivity index (χ0n) is 12.2. The first kappa shape index (κ1) is 16.7. The van der Waals surface area contributed by atoms with Gasteiger partial charge in [-0.25, -0.2) is 9.59 Å². The molecule has 0 radical (unpaired) electrons. The molecular weight excluding hydrogens is 300 g/mol. The summed E-state index contributed by atoms with van der Waals surface area (Å²) < 4.78 is 0. The van der Waals surface area contributed by atoms with Crippen LogP contribution in [0.3, 0.4) is 0 Å². The van der Waals surface area contributed by atoms with Gasteiger partial charge in [0.2, 0.25) is 0 Å². The fourth-order valence-electron chi connectivity index (χ4n) is 2.41. The molecule has 2 aromatic carbocycles. The second-order valence-corrected chi connectivity index (χ2v) is 5.09. The van der Waals surface area contributed by atoms with Crippen LogP contribution in [0.4, 0.5) is 0 Å². The van der Waals surface area contributed by atoms with Gasteiger partial charge in [0.05, 0.1) is 24.3 Å². The second-order valence-electron chi connectivity index (χ2n) is 5.09. The Morgan fingerprint density at radius 3 is 1.43 bits per heavy atom. The highest BCUT2D eigenvalue weighted by Crippen LogP contribution is 2.21. The van der Waals surface area contributed by atoms with Crippen LogP contribution < -0.4 is 0 Å². The minimum Gasteiger partial charge on any atom is -0.478 e. The predicted molar refractivity (Wildman–Crippen MR) is 81.5 cm³/mol. The maximum atomic E-state index is 11.3. The lowest BCUT2D eigenvalue weighted by atomic mass is 9.93. The lowest BCUT2D eigenvalue weighted by Crippen LogP contribution is -2.08. The van der Waals surface area contributed by atoms with E-state index in [-0.39, 0.29) is 30.8 Å². The van der Waals surface area contributed by atoms with E-state index in [9.17, 15) is 30.0 Å². The molecule has 0 aliphatic rings. The SMILES string of the molecule is O=C(O)c1ccc(CO)cc1Cc1cc(CO)ccc1C(=O)O. The average Bonchev–Trinajstić information content (AvgIpc) is 2.54. The molecule has 0 aliphatic carbocycles. The van der Waals surface area contributed by atoms with Crippen molar-refractivity contribution in [3.05, 3.63) is 69.8 Å². The Labute approximate surface area is 132 Å². The van der Waals surface area contributed by atoms with E-state index in [1.807, 2.05) is 0 Å². The van der Waals surface area contributed by atoms with Gasteiger partial charge in [0.15, 0.2) is 0 Å². The van der Waals surface area contributed by atoms with Crippen molar-refractivity contribution in [1.82, 2.24) is 0 Å². The minimum absolute atomic E-state index is 0.0490. The summed E-state index contributed by atoms with van der Waals surface area (Å²) in [5, 5.41) is 37.0. The highest BCUT2D eigenvalue weighted by atomic mass is 16.4. The first-order chi connectivity index (χ1) is 11.0. The standard InChI is InChI=1S/C17H16O6/c18-8-10-1-3-14(16(20)21)12(5-10)7-13-6-11(9-19)2-4-15(13)17(22)23/h1-6,18-19H,7-9H2,(H,20,21)(H,22,23). The molecule has 0 bridgehead atoms. The van der Waals surface area contributed by atoms with Crippen LogP contribution in [0.2, 0.25) is 0 Å². The van der Waals surface area contributed by atoms with Crippen LogP contribution in [0.5, 0.6) is 0 Å². The Hall–Kier alpha value is -2.70. The van der Waals surface area contributed by atoms with Gasteiger partial charge < -0.3 is 20.4 Å². The molecule has 6 nitrogen and oxygen atoms in total. The van der Waals surface area contributed by atoms with Gasteiger partial charge >= 0.3 is 11.9 Å². The van der Waals surface area contributed by atoms with Crippen molar-refractivity contribution in [1.29, 1.82) is 0 Å². The van der Waals surface area contributed by atoms with Crippen molar-refractivity contribution in [2.24, 2.45) is 0 Å². The molecule has 23 heavy (non-hydrogen) atoms. The van der Waals surface area contributed by atoms with Gasteiger partial charge in [0, 0.05) is 0 Å². The second kappa shape index (κ2) is 7.04. The van der Waals surface area contributed by atoms with Crippen LogP contribution in [-0.2, 0) is 19.6 Å². The van der Waals surface area contributed by atoms with Gasteiger partial charge in [-0.05, 0) is 40.8 Å². The van der Waals surface area contributed by atoms with E-state index in [0.717, 1.165) is 0 Å². The van der Waals surface area contributed by atoms with Crippen molar-refractivity contribution in [2.45, 2.75) is 19.6 Å². The van der Waals surface area contributed by atoms with Gasteiger partial charge in [0.25, 0.3) is 0 Å². The first-order valence-corrected chi connectivity index (χ1v) is 6.88. The molecule has 0 spiro atoms. The summed E-state index contributed by atoms with van der Waals surface area (Å²) in [4.78, 5) is 22.7. The summed E-state index contributed by atoms with van der Waals surface area (Å²) in [5.74, 6) is -2.25. The number of carboxylic acids is 2. The summed E-state index contributed by atoms with van der Waals surface area (Å²) in [6.45, 7) is -0.481. The molecule has 0 saturated carbocycles. The van der Waals surface area contributed by atoms with Crippen LogP contribution in [0.1, 0.15) is 43.0 Å². The number of aromatic carboxylic acids is 2. The van der Waals surface area contributed by atoms with Gasteiger partial charge in [0.1, 0.15) is 0 Å². The normalized spacial score (nSPS) is 10.5. The van der Waals surface area contributed by atoms with Crippen molar-refractivity contribution in [3.8, 4) is 0 Å². The number of hydrogen-bond donors (Lipinski definition) is 4. The molecule has 0 heterocycles. The van der Waals surface area contributed by atoms with E-state index in [2.05, 4.69) is 0 Å². The molecule has 2 aromatic rings. The third-order valence-corrected chi connectivity index (χ3v) is 3.55. The zero-order valence-corrected chi connectivity index (χ0v) is 12.2. The summed E-state index contributed by atoms with van der Waals surface area (Å²) >= 11 is 0. The van der Waals surface area contributed by atoms with Crippen LogP contribution >= 0.6 is 0 Å². The third-order valence-electron chi connectivity index (χ3n) is 3.55. The monoisotopic (exact) mass is 316 g/mol. The lowest BCUT2D eigenvalue weighted by Gasteiger charge is -2.12. The smallest absolute Gasteiger partial charge is 0.335 e. The molecule has 6 heteroatoms. The van der Waals surface area contributed by atoms with E-state index in [1.54, 1.807) is 12.1 Å². The number of carbonyl (C=O) groups is 2. The van der Waals surface area contributed by atoms with Crippen molar-refractivity contribution >= 4 is 11.9 Å². The third kappa shape index (κ3) is 3.74.